The highest BCUT2D eigenvalue weighted by atomic mass is 14.5. The Balaban J connectivity index is 1.84. The molecule has 1 unspecified atom stereocenters. The summed E-state index contributed by atoms with van der Waals surface area (Å²) in [4.78, 5) is 0. The molecule has 0 saturated heterocycles. The summed E-state index contributed by atoms with van der Waals surface area (Å²) >= 11 is 0. The maximum atomic E-state index is 2.44. The summed E-state index contributed by atoms with van der Waals surface area (Å²) in [6.45, 7) is 4.88. The van der Waals surface area contributed by atoms with Crippen LogP contribution in [0.5, 0.6) is 0 Å². The van der Waals surface area contributed by atoms with Gasteiger partial charge < -0.3 is 0 Å². The Hall–Kier alpha value is -1.56. The van der Waals surface area contributed by atoms with Crippen molar-refractivity contribution in [3.63, 3.8) is 0 Å². The van der Waals surface area contributed by atoms with Gasteiger partial charge in [-0.25, -0.2) is 0 Å². The lowest BCUT2D eigenvalue weighted by Gasteiger charge is -2.34. The Morgan fingerprint density at radius 3 is 1.58 bits per heavy atom. The molecule has 3 atom stereocenters. The number of benzene rings is 2. The van der Waals surface area contributed by atoms with Crippen molar-refractivity contribution < 1.29 is 0 Å². The van der Waals surface area contributed by atoms with E-state index in [1.807, 2.05) is 0 Å². The van der Waals surface area contributed by atoms with E-state index in [9.17, 15) is 0 Å². The number of hydrogen-bond acceptors (Lipinski definition) is 0. The first-order chi connectivity index (χ1) is 9.22. The fraction of sp³-hybridized carbons (Fsp3) is 0.368. The summed E-state index contributed by atoms with van der Waals surface area (Å²) in [6, 6.07) is 18.1. The van der Waals surface area contributed by atoms with Crippen LogP contribution in [-0.2, 0) is 12.8 Å². The van der Waals surface area contributed by atoms with Crippen molar-refractivity contribution in [2.45, 2.75) is 38.5 Å². The minimum atomic E-state index is 0.424. The van der Waals surface area contributed by atoms with Crippen LogP contribution in [0.4, 0.5) is 0 Å². The van der Waals surface area contributed by atoms with Crippen LogP contribution in [0.1, 0.15) is 47.9 Å². The molecule has 2 aromatic carbocycles. The van der Waals surface area contributed by atoms with Crippen LogP contribution in [0.25, 0.3) is 0 Å². The Labute approximate surface area is 115 Å². The third kappa shape index (κ3) is 1.35. The van der Waals surface area contributed by atoms with E-state index in [0.29, 0.717) is 17.3 Å². The predicted octanol–water partition coefficient (Wildman–Crippen LogP) is 4.69. The van der Waals surface area contributed by atoms with Gasteiger partial charge in [-0.3, -0.25) is 0 Å². The normalized spacial score (nSPS) is 31.5. The Morgan fingerprint density at radius 2 is 1.16 bits per heavy atom. The van der Waals surface area contributed by atoms with Gasteiger partial charge in [0.2, 0.25) is 0 Å². The molecule has 1 spiro atoms. The summed E-state index contributed by atoms with van der Waals surface area (Å²) in [7, 11) is 0. The van der Waals surface area contributed by atoms with Crippen molar-refractivity contribution in [3.05, 3.63) is 70.8 Å². The molecule has 2 aromatic rings. The van der Waals surface area contributed by atoms with Crippen molar-refractivity contribution in [1.29, 1.82) is 0 Å². The average Bonchev–Trinajstić information content (AvgIpc) is 2.88. The van der Waals surface area contributed by atoms with E-state index in [1.54, 1.807) is 22.3 Å². The average molecular weight is 248 g/mol. The first-order valence-electron chi connectivity index (χ1n) is 7.38. The summed E-state index contributed by atoms with van der Waals surface area (Å²) < 4.78 is 0. The van der Waals surface area contributed by atoms with E-state index < -0.39 is 0 Å². The number of hydrogen-bond donors (Lipinski definition) is 0. The van der Waals surface area contributed by atoms with Crippen molar-refractivity contribution in [1.82, 2.24) is 0 Å². The van der Waals surface area contributed by atoms with Gasteiger partial charge in [0.25, 0.3) is 0 Å². The third-order valence-corrected chi connectivity index (χ3v) is 5.81. The molecule has 2 aliphatic carbocycles. The molecule has 0 bridgehead atoms. The van der Waals surface area contributed by atoms with Crippen LogP contribution < -0.4 is 0 Å². The van der Waals surface area contributed by atoms with Gasteiger partial charge in [0, 0.05) is 0 Å². The van der Waals surface area contributed by atoms with Crippen LogP contribution in [-0.4, -0.2) is 0 Å². The van der Waals surface area contributed by atoms with E-state index in [2.05, 4.69) is 62.4 Å². The minimum absolute atomic E-state index is 0.424. The molecule has 4 rings (SSSR count). The fourth-order valence-electron chi connectivity index (χ4n) is 4.61. The van der Waals surface area contributed by atoms with Gasteiger partial charge in [-0.2, -0.15) is 0 Å². The summed E-state index contributed by atoms with van der Waals surface area (Å²) in [5.41, 5.74) is 6.75. The summed E-state index contributed by atoms with van der Waals surface area (Å²) in [5.74, 6) is 1.34. The van der Waals surface area contributed by atoms with Crippen LogP contribution in [0.3, 0.4) is 0 Å². The Morgan fingerprint density at radius 1 is 0.737 bits per heavy atom. The highest BCUT2D eigenvalue weighted by Crippen LogP contribution is 2.60. The lowest BCUT2D eigenvalue weighted by Crippen LogP contribution is -2.28. The number of fused-ring (bicyclic) bond motifs is 2. The molecule has 96 valence electrons. The molecule has 0 N–H and O–H groups in total. The van der Waals surface area contributed by atoms with Crippen LogP contribution in [0.15, 0.2) is 48.5 Å². The van der Waals surface area contributed by atoms with Crippen LogP contribution >= 0.6 is 0 Å². The molecule has 0 radical (unpaired) electrons. The lowest BCUT2D eigenvalue weighted by molar-refractivity contribution is 0.228. The van der Waals surface area contributed by atoms with E-state index in [-0.39, 0.29) is 0 Å². The van der Waals surface area contributed by atoms with Crippen LogP contribution in [0, 0.1) is 5.41 Å². The van der Waals surface area contributed by atoms with Crippen molar-refractivity contribution in [2.24, 2.45) is 5.41 Å². The van der Waals surface area contributed by atoms with Gasteiger partial charge in [-0.1, -0.05) is 62.4 Å². The lowest BCUT2D eigenvalue weighted by atomic mass is 9.69. The van der Waals surface area contributed by atoms with Gasteiger partial charge in [-0.05, 0) is 52.3 Å². The SMILES string of the molecule is C[C@@H]1c2ccccc2CC12Cc1ccccc1[C@@H]2C. The monoisotopic (exact) mass is 248 g/mol. The molecule has 2 aliphatic rings. The smallest absolute Gasteiger partial charge is 0.00842 e. The molecule has 0 aromatic heterocycles. The van der Waals surface area contributed by atoms with E-state index in [1.165, 1.54) is 12.8 Å². The topological polar surface area (TPSA) is 0 Å². The molecule has 0 fully saturated rings. The van der Waals surface area contributed by atoms with Gasteiger partial charge in [-0.15, -0.1) is 0 Å². The molecular weight excluding hydrogens is 228 g/mol. The first-order valence-corrected chi connectivity index (χ1v) is 7.38. The first kappa shape index (κ1) is 11.3. The second-order valence-corrected chi connectivity index (χ2v) is 6.43. The van der Waals surface area contributed by atoms with E-state index in [4.69, 9.17) is 0 Å². The number of rotatable bonds is 0. The summed E-state index contributed by atoms with van der Waals surface area (Å²) in [5, 5.41) is 0. The van der Waals surface area contributed by atoms with Crippen molar-refractivity contribution >= 4 is 0 Å². The maximum Gasteiger partial charge on any atom is -0.00842 e. The molecular formula is C19H20. The van der Waals surface area contributed by atoms with Gasteiger partial charge in [0.15, 0.2) is 0 Å². The molecule has 0 nitrogen and oxygen atoms in total. The predicted molar refractivity (Wildman–Crippen MR) is 79.6 cm³/mol. The zero-order valence-electron chi connectivity index (χ0n) is 11.7. The molecule has 19 heavy (non-hydrogen) atoms. The largest absolute Gasteiger partial charge is 0.0620 e. The molecule has 0 amide bonds. The molecule has 0 heterocycles. The Kier molecular flexibility index (Phi) is 2.21. The quantitative estimate of drug-likeness (QED) is 0.634. The van der Waals surface area contributed by atoms with Crippen molar-refractivity contribution in [2.75, 3.05) is 0 Å². The zero-order valence-corrected chi connectivity index (χ0v) is 11.7. The molecule has 0 aliphatic heterocycles. The minimum Gasteiger partial charge on any atom is -0.0620 e. The highest BCUT2D eigenvalue weighted by molar-refractivity contribution is 5.47. The summed E-state index contributed by atoms with van der Waals surface area (Å²) in [6.07, 6.45) is 2.50. The standard InChI is InChI=1S/C19H20/c1-13-17-9-5-3-7-15(17)11-19(13)12-16-8-4-6-10-18(16)14(19)2/h3-10,13-14H,11-12H2,1-2H3/t13-,14+,19?. The molecule has 0 saturated carbocycles. The van der Waals surface area contributed by atoms with Gasteiger partial charge in [0.1, 0.15) is 0 Å². The third-order valence-electron chi connectivity index (χ3n) is 5.81. The van der Waals surface area contributed by atoms with Crippen molar-refractivity contribution in [3.8, 4) is 0 Å². The second-order valence-electron chi connectivity index (χ2n) is 6.43. The van der Waals surface area contributed by atoms with Gasteiger partial charge >= 0.3 is 0 Å². The second kappa shape index (κ2) is 3.72. The Bertz CT molecular complexity index is 580. The molecule has 0 heteroatoms. The highest BCUT2D eigenvalue weighted by Gasteiger charge is 2.51. The fourth-order valence-corrected chi connectivity index (χ4v) is 4.61. The van der Waals surface area contributed by atoms with E-state index >= 15 is 0 Å². The van der Waals surface area contributed by atoms with E-state index in [0.717, 1.165) is 0 Å². The van der Waals surface area contributed by atoms with Gasteiger partial charge in [0.05, 0.1) is 0 Å². The maximum absolute atomic E-state index is 2.44. The van der Waals surface area contributed by atoms with Crippen LogP contribution in [0.2, 0.25) is 0 Å². The zero-order chi connectivity index (χ0) is 13.0.